The van der Waals surface area contributed by atoms with Crippen molar-refractivity contribution < 1.29 is 23.4 Å². The molecule has 1 heterocycles. The smallest absolute Gasteiger partial charge is 0.388 e. The molecule has 0 amide bonds. The molecule has 1 aromatic heterocycles. The Hall–Kier alpha value is -1.92. The molecule has 0 aliphatic heterocycles. The van der Waals surface area contributed by atoms with Crippen LogP contribution in [0.4, 0.5) is 13.2 Å². The number of nitrogens with zero attached hydrogens (tertiary/aromatic N) is 1. The predicted octanol–water partition coefficient (Wildman–Crippen LogP) is 8.84. The van der Waals surface area contributed by atoms with Crippen LogP contribution in [0.3, 0.4) is 0 Å². The van der Waals surface area contributed by atoms with Gasteiger partial charge in [-0.1, -0.05) is 73.9 Å². The first-order chi connectivity index (χ1) is 17.0. The molecule has 2 aliphatic carbocycles. The minimum Gasteiger partial charge on any atom is -0.388 e. The highest BCUT2D eigenvalue weighted by atomic mass is 19.4. The zero-order valence-corrected chi connectivity index (χ0v) is 23.6. The number of hydrogen-bond acceptors (Lipinski definition) is 3. The Bertz CT molecular complexity index is 948. The summed E-state index contributed by atoms with van der Waals surface area (Å²) in [6, 6.07) is 4.61. The van der Waals surface area contributed by atoms with Crippen molar-refractivity contribution in [3.05, 3.63) is 63.5 Å². The quantitative estimate of drug-likeness (QED) is 0.434. The summed E-state index contributed by atoms with van der Waals surface area (Å²) < 4.78 is 38.7. The van der Waals surface area contributed by atoms with Crippen LogP contribution in [0.2, 0.25) is 0 Å². The number of alkyl halides is 3. The van der Waals surface area contributed by atoms with Crippen LogP contribution < -0.4 is 0 Å². The van der Waals surface area contributed by atoms with E-state index in [2.05, 4.69) is 0 Å². The Balaban J connectivity index is 0.00000101. The molecule has 3 nitrogen and oxygen atoms in total. The molecule has 2 aromatic rings. The summed E-state index contributed by atoms with van der Waals surface area (Å²) in [6.45, 7) is 17.9. The molecule has 6 heteroatoms. The maximum absolute atomic E-state index is 12.9. The minimum atomic E-state index is -4.42. The van der Waals surface area contributed by atoms with Crippen molar-refractivity contribution in [2.45, 2.75) is 119 Å². The summed E-state index contributed by atoms with van der Waals surface area (Å²) in [7, 11) is 0. The number of halogens is 3. The standard InChI is InChI=1S/C24H28F3NO2.3C2H6/c1-13(2)21-20(22(30)15-5-7-16(8-6-15)24(25,26)27)14(3)19-17(28-21)11-23(9-4-10-23)12-18(19)29;3*1-2/h5-8,13,18,22,29-30H,4,9-12H2,1-3H3;3*1-2H3/t18?,22-;;;/m0.../s1. The molecule has 204 valence electrons. The van der Waals surface area contributed by atoms with Gasteiger partial charge in [-0.05, 0) is 67.2 Å². The van der Waals surface area contributed by atoms with Crippen LogP contribution >= 0.6 is 0 Å². The van der Waals surface area contributed by atoms with Crippen molar-refractivity contribution in [3.63, 3.8) is 0 Å². The lowest BCUT2D eigenvalue weighted by molar-refractivity contribution is -0.137. The van der Waals surface area contributed by atoms with E-state index in [-0.39, 0.29) is 11.3 Å². The van der Waals surface area contributed by atoms with Gasteiger partial charge in [-0.3, -0.25) is 4.98 Å². The van der Waals surface area contributed by atoms with E-state index in [1.54, 1.807) is 0 Å². The highest BCUT2D eigenvalue weighted by Gasteiger charge is 2.45. The second-order valence-corrected chi connectivity index (χ2v) is 9.32. The van der Waals surface area contributed by atoms with Crippen molar-refractivity contribution in [1.29, 1.82) is 0 Å². The lowest BCUT2D eigenvalue weighted by Crippen LogP contribution is -2.38. The third-order valence-electron chi connectivity index (χ3n) is 6.94. The molecule has 36 heavy (non-hydrogen) atoms. The van der Waals surface area contributed by atoms with Crippen LogP contribution in [-0.4, -0.2) is 15.2 Å². The van der Waals surface area contributed by atoms with Crippen molar-refractivity contribution in [3.8, 4) is 0 Å². The molecular weight excluding hydrogens is 463 g/mol. The Kier molecular flexibility index (Phi) is 12.1. The van der Waals surface area contributed by atoms with Gasteiger partial charge < -0.3 is 10.2 Å². The molecule has 1 spiro atoms. The maximum Gasteiger partial charge on any atom is 0.416 e. The zero-order valence-electron chi connectivity index (χ0n) is 23.6. The first kappa shape index (κ1) is 32.1. The number of fused-ring (bicyclic) bond motifs is 1. The van der Waals surface area contributed by atoms with E-state index in [9.17, 15) is 23.4 Å². The summed E-state index contributed by atoms with van der Waals surface area (Å²) >= 11 is 0. The summed E-state index contributed by atoms with van der Waals surface area (Å²) in [4.78, 5) is 4.90. The van der Waals surface area contributed by atoms with E-state index >= 15 is 0 Å². The Morgan fingerprint density at radius 3 is 1.92 bits per heavy atom. The van der Waals surface area contributed by atoms with E-state index in [0.29, 0.717) is 17.5 Å². The van der Waals surface area contributed by atoms with Gasteiger partial charge in [0, 0.05) is 22.5 Å². The van der Waals surface area contributed by atoms with Crippen LogP contribution in [0, 0.1) is 12.3 Å². The SMILES string of the molecule is CC.CC.CC.Cc1c2c(nc(C(C)C)c1[C@@H](O)c1ccc(C(F)(F)F)cc1)CC1(CCC1)CC2O. The van der Waals surface area contributed by atoms with E-state index in [4.69, 9.17) is 4.98 Å². The lowest BCUT2D eigenvalue weighted by atomic mass is 9.59. The van der Waals surface area contributed by atoms with Crippen LogP contribution in [0.25, 0.3) is 0 Å². The fraction of sp³-hybridized carbons (Fsp3) is 0.633. The summed E-state index contributed by atoms with van der Waals surface area (Å²) in [5.74, 6) is 0.0320. The molecule has 1 saturated carbocycles. The fourth-order valence-electron chi connectivity index (χ4n) is 5.20. The van der Waals surface area contributed by atoms with E-state index in [1.165, 1.54) is 18.6 Å². The Morgan fingerprint density at radius 1 is 0.972 bits per heavy atom. The average Bonchev–Trinajstić information content (AvgIpc) is 2.85. The number of benzene rings is 1. The first-order valence-corrected chi connectivity index (χ1v) is 13.6. The van der Waals surface area contributed by atoms with E-state index in [1.807, 2.05) is 62.3 Å². The van der Waals surface area contributed by atoms with Gasteiger partial charge in [-0.15, -0.1) is 0 Å². The minimum absolute atomic E-state index is 0.0320. The summed E-state index contributed by atoms with van der Waals surface area (Å²) in [5.41, 5.74) is 3.65. The van der Waals surface area contributed by atoms with Gasteiger partial charge in [0.2, 0.25) is 0 Å². The van der Waals surface area contributed by atoms with Crippen molar-refractivity contribution in [1.82, 2.24) is 4.98 Å². The van der Waals surface area contributed by atoms with Gasteiger partial charge in [0.25, 0.3) is 0 Å². The number of pyridine rings is 1. The number of rotatable bonds is 3. The first-order valence-electron chi connectivity index (χ1n) is 13.6. The molecule has 2 N–H and O–H groups in total. The second kappa shape index (κ2) is 13.6. The van der Waals surface area contributed by atoms with Crippen LogP contribution in [0.1, 0.15) is 138 Å². The molecule has 1 aromatic carbocycles. The molecule has 1 unspecified atom stereocenters. The van der Waals surface area contributed by atoms with Gasteiger partial charge in [0.05, 0.1) is 11.7 Å². The molecular formula is C30H46F3NO2. The van der Waals surface area contributed by atoms with Gasteiger partial charge in [-0.25, -0.2) is 0 Å². The number of aromatic nitrogens is 1. The average molecular weight is 510 g/mol. The third-order valence-corrected chi connectivity index (χ3v) is 6.94. The van der Waals surface area contributed by atoms with Gasteiger partial charge in [-0.2, -0.15) is 13.2 Å². The van der Waals surface area contributed by atoms with Crippen molar-refractivity contribution in [2.75, 3.05) is 0 Å². The van der Waals surface area contributed by atoms with Crippen LogP contribution in [-0.2, 0) is 12.6 Å². The molecule has 2 aliphatic rings. The predicted molar refractivity (Wildman–Crippen MR) is 142 cm³/mol. The van der Waals surface area contributed by atoms with Crippen LogP contribution in [0.5, 0.6) is 0 Å². The van der Waals surface area contributed by atoms with E-state index in [0.717, 1.165) is 53.9 Å². The molecule has 0 saturated heterocycles. The van der Waals surface area contributed by atoms with Crippen molar-refractivity contribution in [2.24, 2.45) is 5.41 Å². The third kappa shape index (κ3) is 6.69. The van der Waals surface area contributed by atoms with Crippen LogP contribution in [0.15, 0.2) is 24.3 Å². The maximum atomic E-state index is 12.9. The Morgan fingerprint density at radius 2 is 1.50 bits per heavy atom. The molecule has 1 fully saturated rings. The fourth-order valence-corrected chi connectivity index (χ4v) is 5.20. The number of aliphatic hydroxyl groups is 2. The highest BCUT2D eigenvalue weighted by Crippen LogP contribution is 2.54. The molecule has 0 bridgehead atoms. The number of aliphatic hydroxyl groups excluding tert-OH is 2. The monoisotopic (exact) mass is 509 g/mol. The lowest BCUT2D eigenvalue weighted by Gasteiger charge is -2.47. The van der Waals surface area contributed by atoms with Gasteiger partial charge in [0.15, 0.2) is 0 Å². The van der Waals surface area contributed by atoms with Gasteiger partial charge >= 0.3 is 6.18 Å². The Labute approximate surface area is 216 Å². The summed E-state index contributed by atoms with van der Waals surface area (Å²) in [6.07, 6.45) is -1.19. The zero-order chi connectivity index (χ0) is 27.8. The largest absolute Gasteiger partial charge is 0.416 e. The van der Waals surface area contributed by atoms with Crippen molar-refractivity contribution >= 4 is 0 Å². The second-order valence-electron chi connectivity index (χ2n) is 9.32. The summed E-state index contributed by atoms with van der Waals surface area (Å²) in [5, 5.41) is 22.1. The molecule has 2 atom stereocenters. The topological polar surface area (TPSA) is 53.4 Å². The highest BCUT2D eigenvalue weighted by molar-refractivity contribution is 5.48. The van der Waals surface area contributed by atoms with E-state index < -0.39 is 23.9 Å². The number of hydrogen-bond donors (Lipinski definition) is 2. The van der Waals surface area contributed by atoms with Gasteiger partial charge in [0.1, 0.15) is 6.10 Å². The normalized spacial score (nSPS) is 18.4. The molecule has 0 radical (unpaired) electrons. The molecule has 4 rings (SSSR count).